The molecule has 1 saturated heterocycles. The molecule has 130 valence electrons. The summed E-state index contributed by atoms with van der Waals surface area (Å²) in [6.45, 7) is 0.234. The summed E-state index contributed by atoms with van der Waals surface area (Å²) in [5, 5.41) is 0.511. The number of benzene rings is 1. The fourth-order valence-electron chi connectivity index (χ4n) is 2.64. The van der Waals surface area contributed by atoms with Gasteiger partial charge in [-0.2, -0.15) is 13.2 Å². The standard InChI is InChI=1S/C18H15F3N2OS/c19-18(20,21)14-8-10-23(11-9-14)17(24)15-12-22-16(25-15)7-6-13-4-2-1-3-5-13/h1-5,12,14H,8-11H2. The van der Waals surface area contributed by atoms with E-state index in [2.05, 4.69) is 16.8 Å². The molecule has 1 fully saturated rings. The molecule has 3 rings (SSSR count). The first-order valence-electron chi connectivity index (χ1n) is 7.82. The lowest BCUT2D eigenvalue weighted by Crippen LogP contribution is -2.41. The van der Waals surface area contributed by atoms with Crippen LogP contribution < -0.4 is 0 Å². The molecule has 1 aliphatic heterocycles. The van der Waals surface area contributed by atoms with Gasteiger partial charge >= 0.3 is 6.18 Å². The van der Waals surface area contributed by atoms with Gasteiger partial charge in [-0.1, -0.05) is 24.1 Å². The minimum Gasteiger partial charge on any atom is -0.338 e. The third-order valence-electron chi connectivity index (χ3n) is 4.05. The van der Waals surface area contributed by atoms with Crippen LogP contribution in [0.2, 0.25) is 0 Å². The summed E-state index contributed by atoms with van der Waals surface area (Å²) in [6.07, 6.45) is -2.83. The number of nitrogens with zero attached hydrogens (tertiary/aromatic N) is 2. The highest BCUT2D eigenvalue weighted by Crippen LogP contribution is 2.34. The van der Waals surface area contributed by atoms with Gasteiger partial charge < -0.3 is 4.90 Å². The quantitative estimate of drug-likeness (QED) is 0.718. The number of thiazole rings is 1. The summed E-state index contributed by atoms with van der Waals surface area (Å²) in [4.78, 5) is 18.4. The van der Waals surface area contributed by atoms with Crippen molar-refractivity contribution in [3.63, 3.8) is 0 Å². The van der Waals surface area contributed by atoms with Crippen LogP contribution in [-0.4, -0.2) is 35.1 Å². The summed E-state index contributed by atoms with van der Waals surface area (Å²) in [5.41, 5.74) is 0.847. The normalized spacial score (nSPS) is 15.6. The van der Waals surface area contributed by atoms with E-state index in [1.807, 2.05) is 30.3 Å². The maximum Gasteiger partial charge on any atom is 0.391 e. The van der Waals surface area contributed by atoms with E-state index >= 15 is 0 Å². The SMILES string of the molecule is O=C(c1cnc(C#Cc2ccccc2)s1)N1CCC(C(F)(F)F)CC1. The first-order chi connectivity index (χ1) is 11.9. The molecule has 0 radical (unpaired) electrons. The molecule has 0 atom stereocenters. The Balaban J connectivity index is 1.63. The number of aromatic nitrogens is 1. The van der Waals surface area contributed by atoms with E-state index in [1.54, 1.807) is 0 Å². The van der Waals surface area contributed by atoms with Gasteiger partial charge in [0.1, 0.15) is 4.88 Å². The summed E-state index contributed by atoms with van der Waals surface area (Å²) in [5.74, 6) is 4.28. The molecule has 1 aliphatic rings. The van der Waals surface area contributed by atoms with Gasteiger partial charge in [-0.25, -0.2) is 4.98 Å². The zero-order valence-electron chi connectivity index (χ0n) is 13.2. The highest BCUT2D eigenvalue weighted by molar-refractivity contribution is 7.14. The first kappa shape index (κ1) is 17.5. The Labute approximate surface area is 147 Å². The van der Waals surface area contributed by atoms with Crippen molar-refractivity contribution in [1.29, 1.82) is 0 Å². The largest absolute Gasteiger partial charge is 0.391 e. The Kier molecular flexibility index (Phi) is 5.09. The van der Waals surface area contributed by atoms with E-state index in [1.165, 1.54) is 11.1 Å². The van der Waals surface area contributed by atoms with Crippen LogP contribution in [0, 0.1) is 17.8 Å². The maximum atomic E-state index is 12.7. The van der Waals surface area contributed by atoms with E-state index in [9.17, 15) is 18.0 Å². The number of hydrogen-bond donors (Lipinski definition) is 0. The molecule has 0 N–H and O–H groups in total. The van der Waals surface area contributed by atoms with Crippen LogP contribution in [0.15, 0.2) is 36.5 Å². The predicted octanol–water partition coefficient (Wildman–Crippen LogP) is 3.96. The minimum atomic E-state index is -4.18. The van der Waals surface area contributed by atoms with Gasteiger partial charge in [0.2, 0.25) is 0 Å². The van der Waals surface area contributed by atoms with Crippen molar-refractivity contribution in [1.82, 2.24) is 9.88 Å². The topological polar surface area (TPSA) is 33.2 Å². The molecule has 3 nitrogen and oxygen atoms in total. The van der Waals surface area contributed by atoms with Crippen molar-refractivity contribution in [2.45, 2.75) is 19.0 Å². The summed E-state index contributed by atoms with van der Waals surface area (Å²) in [7, 11) is 0. The molecule has 0 saturated carbocycles. The van der Waals surface area contributed by atoms with Gasteiger partial charge in [0.05, 0.1) is 12.1 Å². The molecule has 0 spiro atoms. The number of amides is 1. The van der Waals surface area contributed by atoms with Gasteiger partial charge in [0.25, 0.3) is 5.91 Å². The Morgan fingerprint density at radius 2 is 1.84 bits per heavy atom. The van der Waals surface area contributed by atoms with Crippen LogP contribution in [-0.2, 0) is 0 Å². The van der Waals surface area contributed by atoms with Crippen molar-refractivity contribution in [3.8, 4) is 11.8 Å². The van der Waals surface area contributed by atoms with E-state index in [0.29, 0.717) is 9.88 Å². The lowest BCUT2D eigenvalue weighted by molar-refractivity contribution is -0.183. The summed E-state index contributed by atoms with van der Waals surface area (Å²) < 4.78 is 38.1. The Bertz CT molecular complexity index is 797. The number of carbonyl (C=O) groups is 1. The number of alkyl halides is 3. The molecule has 0 aliphatic carbocycles. The zero-order chi connectivity index (χ0) is 17.9. The highest BCUT2D eigenvalue weighted by atomic mass is 32.1. The molecule has 2 aromatic rings. The number of halogens is 3. The molecule has 1 amide bonds. The van der Waals surface area contributed by atoms with E-state index in [4.69, 9.17) is 0 Å². The van der Waals surface area contributed by atoms with Crippen molar-refractivity contribution in [3.05, 3.63) is 52.0 Å². The number of likely N-dealkylation sites (tertiary alicyclic amines) is 1. The van der Waals surface area contributed by atoms with Crippen molar-refractivity contribution >= 4 is 17.2 Å². The van der Waals surface area contributed by atoms with Gasteiger partial charge in [0, 0.05) is 18.7 Å². The minimum absolute atomic E-state index is 0.0469. The number of piperidine rings is 1. The number of hydrogen-bond acceptors (Lipinski definition) is 3. The third kappa shape index (κ3) is 4.40. The molecule has 25 heavy (non-hydrogen) atoms. The Morgan fingerprint density at radius 1 is 1.16 bits per heavy atom. The third-order valence-corrected chi connectivity index (χ3v) is 4.95. The van der Waals surface area contributed by atoms with Crippen LogP contribution in [0.3, 0.4) is 0 Å². The maximum absolute atomic E-state index is 12.7. The van der Waals surface area contributed by atoms with Crippen LogP contribution >= 0.6 is 11.3 Å². The fourth-order valence-corrected chi connectivity index (χ4v) is 3.38. The average molecular weight is 364 g/mol. The van der Waals surface area contributed by atoms with Crippen molar-refractivity contribution in [2.75, 3.05) is 13.1 Å². The monoisotopic (exact) mass is 364 g/mol. The summed E-state index contributed by atoms with van der Waals surface area (Å²) >= 11 is 1.16. The van der Waals surface area contributed by atoms with Gasteiger partial charge in [-0.3, -0.25) is 4.79 Å². The first-order valence-corrected chi connectivity index (χ1v) is 8.64. The second kappa shape index (κ2) is 7.28. The van der Waals surface area contributed by atoms with Crippen LogP contribution in [0.1, 0.15) is 33.1 Å². The molecular weight excluding hydrogens is 349 g/mol. The lowest BCUT2D eigenvalue weighted by Gasteiger charge is -2.32. The van der Waals surface area contributed by atoms with Crippen molar-refractivity contribution < 1.29 is 18.0 Å². The van der Waals surface area contributed by atoms with Crippen LogP contribution in [0.25, 0.3) is 0 Å². The van der Waals surface area contributed by atoms with Crippen LogP contribution in [0.5, 0.6) is 0 Å². The molecular formula is C18H15F3N2OS. The van der Waals surface area contributed by atoms with E-state index in [0.717, 1.165) is 16.9 Å². The lowest BCUT2D eigenvalue weighted by atomic mass is 9.96. The Hall–Kier alpha value is -2.33. The van der Waals surface area contributed by atoms with Gasteiger partial charge in [-0.05, 0) is 30.9 Å². The van der Waals surface area contributed by atoms with Crippen molar-refractivity contribution in [2.24, 2.45) is 5.92 Å². The molecule has 2 heterocycles. The van der Waals surface area contributed by atoms with Gasteiger partial charge in [0.15, 0.2) is 5.01 Å². The van der Waals surface area contributed by atoms with E-state index < -0.39 is 12.1 Å². The molecule has 1 aromatic heterocycles. The highest BCUT2D eigenvalue weighted by Gasteiger charge is 2.41. The van der Waals surface area contributed by atoms with E-state index in [-0.39, 0.29) is 31.8 Å². The average Bonchev–Trinajstić information content (AvgIpc) is 3.08. The molecule has 1 aromatic carbocycles. The molecule has 7 heteroatoms. The zero-order valence-corrected chi connectivity index (χ0v) is 14.0. The second-order valence-corrected chi connectivity index (χ2v) is 6.78. The van der Waals surface area contributed by atoms with Crippen LogP contribution in [0.4, 0.5) is 13.2 Å². The fraction of sp³-hybridized carbons (Fsp3) is 0.333. The summed E-state index contributed by atoms with van der Waals surface area (Å²) in [6, 6.07) is 9.40. The molecule has 0 unspecified atom stereocenters. The number of rotatable bonds is 1. The number of carbonyl (C=O) groups excluding carboxylic acids is 1. The Morgan fingerprint density at radius 3 is 2.48 bits per heavy atom. The smallest absolute Gasteiger partial charge is 0.338 e. The predicted molar refractivity (Wildman–Crippen MR) is 89.2 cm³/mol. The second-order valence-electron chi connectivity index (χ2n) is 5.75. The van der Waals surface area contributed by atoms with Gasteiger partial charge in [-0.15, -0.1) is 11.3 Å². The molecule has 0 bridgehead atoms.